The molecule has 3 amide bonds. The van der Waals surface area contributed by atoms with E-state index in [0.29, 0.717) is 44.0 Å². The Hall–Kier alpha value is -3.10. The quantitative estimate of drug-likeness (QED) is 0.636. The zero-order chi connectivity index (χ0) is 23.3. The first kappa shape index (κ1) is 23.6. The Kier molecular flexibility index (Phi) is 7.71. The number of amides is 3. The van der Waals surface area contributed by atoms with E-state index in [9.17, 15) is 19.2 Å². The number of benzene rings is 1. The highest BCUT2D eigenvalue weighted by Gasteiger charge is 2.37. The second-order valence-corrected chi connectivity index (χ2v) is 8.19. The first-order valence-electron chi connectivity index (χ1n) is 11.0. The predicted molar refractivity (Wildman–Crippen MR) is 117 cm³/mol. The van der Waals surface area contributed by atoms with Crippen LogP contribution in [0.15, 0.2) is 24.3 Å². The van der Waals surface area contributed by atoms with E-state index in [0.717, 1.165) is 0 Å². The van der Waals surface area contributed by atoms with Crippen molar-refractivity contribution in [2.75, 3.05) is 38.3 Å². The minimum absolute atomic E-state index is 0.101. The van der Waals surface area contributed by atoms with Crippen LogP contribution in [0.25, 0.3) is 0 Å². The number of hydrogen-bond acceptors (Lipinski definition) is 6. The highest BCUT2D eigenvalue weighted by atomic mass is 16.5. The highest BCUT2D eigenvalue weighted by Crippen LogP contribution is 2.27. The third kappa shape index (κ3) is 5.38. The number of nitrogens with zero attached hydrogens (tertiary/aromatic N) is 2. The Morgan fingerprint density at radius 2 is 1.78 bits per heavy atom. The third-order valence-electron chi connectivity index (χ3n) is 6.04. The first-order valence-corrected chi connectivity index (χ1v) is 11.0. The molecule has 1 aromatic carbocycles. The second-order valence-electron chi connectivity index (χ2n) is 8.19. The summed E-state index contributed by atoms with van der Waals surface area (Å²) in [6, 6.07) is 6.39. The fourth-order valence-electron chi connectivity index (χ4n) is 4.16. The fourth-order valence-corrected chi connectivity index (χ4v) is 4.16. The van der Waals surface area contributed by atoms with Crippen molar-refractivity contribution in [2.45, 2.75) is 39.2 Å². The Bertz CT molecular complexity index is 848. The largest absolute Gasteiger partial charge is 0.497 e. The molecule has 2 fully saturated rings. The van der Waals surface area contributed by atoms with Crippen molar-refractivity contribution in [1.29, 1.82) is 0 Å². The Labute approximate surface area is 188 Å². The van der Waals surface area contributed by atoms with Gasteiger partial charge in [0.2, 0.25) is 17.7 Å². The second kappa shape index (κ2) is 10.5. The molecule has 3 rings (SSSR count). The number of methoxy groups -OCH3 is 1. The zero-order valence-electron chi connectivity index (χ0n) is 18.8. The van der Waals surface area contributed by atoms with Gasteiger partial charge in [-0.1, -0.05) is 0 Å². The van der Waals surface area contributed by atoms with Gasteiger partial charge in [0.25, 0.3) is 0 Å². The van der Waals surface area contributed by atoms with E-state index in [4.69, 9.17) is 9.47 Å². The lowest BCUT2D eigenvalue weighted by Gasteiger charge is -2.33. The van der Waals surface area contributed by atoms with Crippen molar-refractivity contribution in [3.05, 3.63) is 24.3 Å². The van der Waals surface area contributed by atoms with Gasteiger partial charge in [-0.3, -0.25) is 19.2 Å². The number of nitrogens with one attached hydrogen (secondary N) is 1. The summed E-state index contributed by atoms with van der Waals surface area (Å²) in [4.78, 5) is 53.1. The standard InChI is InChI=1S/C23H31N3O6/c1-4-32-23(30)16-9-11-25(12-10-16)22(29)15(2)24-21(28)17-13-20(27)26(14-17)18-5-7-19(31-3)8-6-18/h5-8,15-17H,4,9-14H2,1-3H3,(H,24,28). The van der Waals surface area contributed by atoms with E-state index in [1.165, 1.54) is 0 Å². The van der Waals surface area contributed by atoms with Gasteiger partial charge in [-0.15, -0.1) is 0 Å². The molecule has 2 aliphatic rings. The van der Waals surface area contributed by atoms with Crippen molar-refractivity contribution in [1.82, 2.24) is 10.2 Å². The number of anilines is 1. The summed E-state index contributed by atoms with van der Waals surface area (Å²) in [5.74, 6) is -0.850. The van der Waals surface area contributed by atoms with Crippen LogP contribution in [0, 0.1) is 11.8 Å². The molecule has 2 unspecified atom stereocenters. The number of esters is 1. The van der Waals surface area contributed by atoms with Crippen molar-refractivity contribution in [2.24, 2.45) is 11.8 Å². The van der Waals surface area contributed by atoms with Gasteiger partial charge >= 0.3 is 5.97 Å². The fraction of sp³-hybridized carbons (Fsp3) is 0.565. The van der Waals surface area contributed by atoms with E-state index >= 15 is 0 Å². The zero-order valence-corrected chi connectivity index (χ0v) is 18.8. The van der Waals surface area contributed by atoms with Crippen LogP contribution in [0.4, 0.5) is 5.69 Å². The van der Waals surface area contributed by atoms with Crippen LogP contribution in [-0.2, 0) is 23.9 Å². The molecule has 2 aliphatic heterocycles. The summed E-state index contributed by atoms with van der Waals surface area (Å²) in [5, 5.41) is 2.76. The van der Waals surface area contributed by atoms with Gasteiger partial charge < -0.3 is 24.6 Å². The normalized spacial score (nSPS) is 20.1. The molecule has 32 heavy (non-hydrogen) atoms. The van der Waals surface area contributed by atoms with Gasteiger partial charge in [-0.05, 0) is 51.0 Å². The van der Waals surface area contributed by atoms with Gasteiger partial charge in [0.15, 0.2) is 0 Å². The Balaban J connectivity index is 1.50. The highest BCUT2D eigenvalue weighted by molar-refractivity contribution is 6.01. The first-order chi connectivity index (χ1) is 15.3. The summed E-state index contributed by atoms with van der Waals surface area (Å²) in [6.45, 7) is 4.94. The number of rotatable bonds is 7. The van der Waals surface area contributed by atoms with Crippen molar-refractivity contribution < 1.29 is 28.7 Å². The predicted octanol–water partition coefficient (Wildman–Crippen LogP) is 1.35. The minimum Gasteiger partial charge on any atom is -0.497 e. The summed E-state index contributed by atoms with van der Waals surface area (Å²) >= 11 is 0. The molecule has 174 valence electrons. The summed E-state index contributed by atoms with van der Waals surface area (Å²) < 4.78 is 10.2. The molecular formula is C23H31N3O6. The average Bonchev–Trinajstić information content (AvgIpc) is 3.20. The van der Waals surface area contributed by atoms with Gasteiger partial charge in [-0.25, -0.2) is 0 Å². The molecule has 0 aromatic heterocycles. The lowest BCUT2D eigenvalue weighted by molar-refractivity contribution is -0.151. The summed E-state index contributed by atoms with van der Waals surface area (Å²) in [6.07, 6.45) is 1.21. The molecule has 9 heteroatoms. The number of carbonyl (C=O) groups is 4. The minimum atomic E-state index is -0.702. The third-order valence-corrected chi connectivity index (χ3v) is 6.04. The molecule has 0 radical (unpaired) electrons. The van der Waals surface area contributed by atoms with Crippen molar-refractivity contribution in [3.63, 3.8) is 0 Å². The number of piperidine rings is 1. The molecule has 2 saturated heterocycles. The lowest BCUT2D eigenvalue weighted by atomic mass is 9.96. The van der Waals surface area contributed by atoms with Crippen molar-refractivity contribution in [3.8, 4) is 5.75 Å². The monoisotopic (exact) mass is 445 g/mol. The molecule has 1 aromatic rings. The smallest absolute Gasteiger partial charge is 0.309 e. The number of likely N-dealkylation sites (tertiary alicyclic amines) is 1. The molecule has 2 heterocycles. The molecule has 0 spiro atoms. The van der Waals surface area contributed by atoms with Crippen LogP contribution in [-0.4, -0.2) is 68.0 Å². The molecule has 0 bridgehead atoms. The maximum Gasteiger partial charge on any atom is 0.309 e. The Morgan fingerprint density at radius 1 is 1.12 bits per heavy atom. The van der Waals surface area contributed by atoms with E-state index in [-0.39, 0.29) is 42.6 Å². The van der Waals surface area contributed by atoms with E-state index < -0.39 is 12.0 Å². The molecule has 0 saturated carbocycles. The molecule has 9 nitrogen and oxygen atoms in total. The van der Waals surface area contributed by atoms with Crippen LogP contribution in [0.3, 0.4) is 0 Å². The van der Waals surface area contributed by atoms with Crippen LogP contribution in [0.2, 0.25) is 0 Å². The summed E-state index contributed by atoms with van der Waals surface area (Å²) in [7, 11) is 1.57. The van der Waals surface area contributed by atoms with Crippen LogP contribution in [0.5, 0.6) is 5.75 Å². The van der Waals surface area contributed by atoms with E-state index in [1.807, 2.05) is 0 Å². The van der Waals surface area contributed by atoms with Crippen LogP contribution < -0.4 is 15.0 Å². The molecule has 0 aliphatic carbocycles. The topological polar surface area (TPSA) is 105 Å². The van der Waals surface area contributed by atoms with Gasteiger partial charge in [-0.2, -0.15) is 0 Å². The molecule has 2 atom stereocenters. The maximum atomic E-state index is 12.8. The van der Waals surface area contributed by atoms with E-state index in [2.05, 4.69) is 5.32 Å². The average molecular weight is 446 g/mol. The van der Waals surface area contributed by atoms with Crippen LogP contribution in [0.1, 0.15) is 33.1 Å². The van der Waals surface area contributed by atoms with Crippen LogP contribution >= 0.6 is 0 Å². The van der Waals surface area contributed by atoms with Gasteiger partial charge in [0, 0.05) is 31.7 Å². The van der Waals surface area contributed by atoms with Crippen molar-refractivity contribution >= 4 is 29.4 Å². The maximum absolute atomic E-state index is 12.8. The number of ether oxygens (including phenoxy) is 2. The van der Waals surface area contributed by atoms with Gasteiger partial charge in [0.1, 0.15) is 11.8 Å². The molecular weight excluding hydrogens is 414 g/mol. The Morgan fingerprint density at radius 3 is 2.38 bits per heavy atom. The number of hydrogen-bond donors (Lipinski definition) is 1. The van der Waals surface area contributed by atoms with Gasteiger partial charge in [0.05, 0.1) is 25.6 Å². The summed E-state index contributed by atoms with van der Waals surface area (Å²) in [5.41, 5.74) is 0.708. The molecule has 1 N–H and O–H groups in total. The lowest BCUT2D eigenvalue weighted by Crippen LogP contribution is -2.51. The SMILES string of the molecule is CCOC(=O)C1CCN(C(=O)C(C)NC(=O)C2CC(=O)N(c3ccc(OC)cc3)C2)CC1. The van der Waals surface area contributed by atoms with E-state index in [1.54, 1.807) is 55.0 Å². The number of carbonyl (C=O) groups excluding carboxylic acids is 4.